The number of nitrogens with one attached hydrogen (secondary N) is 1. The highest BCUT2D eigenvalue weighted by atomic mass is 32.2. The summed E-state index contributed by atoms with van der Waals surface area (Å²) in [6, 6.07) is 16.1. The summed E-state index contributed by atoms with van der Waals surface area (Å²) in [5, 5.41) is 1.64. The highest BCUT2D eigenvalue weighted by Crippen LogP contribution is 2.24. The molecule has 2 aromatic carbocycles. The van der Waals surface area contributed by atoms with Crippen LogP contribution in [-0.4, -0.2) is 33.7 Å². The van der Waals surface area contributed by atoms with Crippen molar-refractivity contribution in [3.8, 4) is 0 Å². The number of hydrogen-bond donors (Lipinski definition) is 1. The second kappa shape index (κ2) is 6.52. The minimum atomic E-state index is -3.20. The lowest BCUT2D eigenvalue weighted by Gasteiger charge is -2.21. The second-order valence-electron chi connectivity index (χ2n) is 5.62. The average Bonchev–Trinajstić information content (AvgIpc) is 2.95. The normalized spacial score (nSPS) is 16.0. The minimum absolute atomic E-state index is 0.178. The molecule has 7 heteroatoms. The predicted molar refractivity (Wildman–Crippen MR) is 94.5 cm³/mol. The summed E-state index contributed by atoms with van der Waals surface area (Å²) in [7, 11) is -1.44. The molecule has 0 aliphatic carbocycles. The summed E-state index contributed by atoms with van der Waals surface area (Å²) < 4.78 is 25.2. The number of hydrogen-bond acceptors (Lipinski definition) is 4. The maximum atomic E-state index is 12.3. The van der Waals surface area contributed by atoms with Crippen LogP contribution in [0.5, 0.6) is 0 Å². The molecule has 1 aliphatic rings. The number of sulfonamides is 1. The number of anilines is 2. The largest absolute Gasteiger partial charge is 0.288 e. The highest BCUT2D eigenvalue weighted by molar-refractivity contribution is 7.93. The first-order chi connectivity index (χ1) is 11.5. The van der Waals surface area contributed by atoms with Gasteiger partial charge >= 0.3 is 0 Å². The molecule has 3 rings (SSSR count). The Bertz CT molecular complexity index is 820. The van der Waals surface area contributed by atoms with Crippen molar-refractivity contribution in [3.63, 3.8) is 0 Å². The van der Waals surface area contributed by atoms with Gasteiger partial charge in [0.2, 0.25) is 10.0 Å². The fourth-order valence-corrected chi connectivity index (χ4v) is 4.21. The number of para-hydroxylation sites is 1. The first kappa shape index (κ1) is 16.3. The number of amides is 1. The van der Waals surface area contributed by atoms with Gasteiger partial charge in [0, 0.05) is 19.2 Å². The van der Waals surface area contributed by atoms with Crippen molar-refractivity contribution in [2.75, 3.05) is 28.7 Å². The topological polar surface area (TPSA) is 69.7 Å². The monoisotopic (exact) mass is 345 g/mol. The van der Waals surface area contributed by atoms with Crippen LogP contribution in [0, 0.1) is 0 Å². The molecule has 24 heavy (non-hydrogen) atoms. The third-order valence-corrected chi connectivity index (χ3v) is 5.80. The van der Waals surface area contributed by atoms with Crippen molar-refractivity contribution in [1.82, 2.24) is 5.43 Å². The molecule has 1 aliphatic heterocycles. The quantitative estimate of drug-likeness (QED) is 0.861. The van der Waals surface area contributed by atoms with Crippen LogP contribution in [0.15, 0.2) is 54.6 Å². The van der Waals surface area contributed by atoms with E-state index in [1.165, 1.54) is 4.31 Å². The lowest BCUT2D eigenvalue weighted by molar-refractivity contribution is 0.0951. The summed E-state index contributed by atoms with van der Waals surface area (Å²) >= 11 is 0. The molecule has 6 nitrogen and oxygen atoms in total. The third-order valence-electron chi connectivity index (χ3n) is 3.93. The van der Waals surface area contributed by atoms with Crippen molar-refractivity contribution in [2.45, 2.75) is 6.42 Å². The van der Waals surface area contributed by atoms with Gasteiger partial charge in [0.1, 0.15) is 0 Å². The second-order valence-corrected chi connectivity index (χ2v) is 7.64. The molecule has 0 bridgehead atoms. The summed E-state index contributed by atoms with van der Waals surface area (Å²) in [5.41, 5.74) is 4.71. The van der Waals surface area contributed by atoms with E-state index in [9.17, 15) is 13.2 Å². The van der Waals surface area contributed by atoms with E-state index in [-0.39, 0.29) is 11.7 Å². The van der Waals surface area contributed by atoms with Crippen LogP contribution in [0.3, 0.4) is 0 Å². The van der Waals surface area contributed by atoms with Gasteiger partial charge in [-0.1, -0.05) is 18.2 Å². The molecule has 0 saturated carbocycles. The molecule has 1 fully saturated rings. The Morgan fingerprint density at radius 1 is 1.08 bits per heavy atom. The van der Waals surface area contributed by atoms with Crippen molar-refractivity contribution in [1.29, 1.82) is 0 Å². The van der Waals surface area contributed by atoms with E-state index >= 15 is 0 Å². The summed E-state index contributed by atoms with van der Waals surface area (Å²) in [5.74, 6) is -0.0749. The number of hydrazine groups is 1. The molecule has 0 radical (unpaired) electrons. The zero-order valence-electron chi connectivity index (χ0n) is 13.3. The van der Waals surface area contributed by atoms with Gasteiger partial charge in [0.05, 0.1) is 17.1 Å². The maximum Gasteiger partial charge on any atom is 0.269 e. The Labute approximate surface area is 141 Å². The summed E-state index contributed by atoms with van der Waals surface area (Å²) in [6.07, 6.45) is 0.631. The van der Waals surface area contributed by atoms with Gasteiger partial charge in [-0.3, -0.25) is 19.5 Å². The van der Waals surface area contributed by atoms with Crippen LogP contribution in [-0.2, 0) is 10.0 Å². The van der Waals surface area contributed by atoms with Crippen LogP contribution in [0.4, 0.5) is 11.4 Å². The van der Waals surface area contributed by atoms with E-state index in [1.807, 2.05) is 30.3 Å². The number of benzene rings is 2. The van der Waals surface area contributed by atoms with Gasteiger partial charge in [-0.15, -0.1) is 0 Å². The highest BCUT2D eigenvalue weighted by Gasteiger charge is 2.28. The molecule has 1 N–H and O–H groups in total. The molecule has 1 amide bonds. The SMILES string of the molecule is CN(NC(=O)c1ccc(N2CCCS2(=O)=O)cc1)c1ccccc1. The van der Waals surface area contributed by atoms with E-state index in [4.69, 9.17) is 0 Å². The van der Waals surface area contributed by atoms with Crippen molar-refractivity contribution < 1.29 is 13.2 Å². The van der Waals surface area contributed by atoms with E-state index in [1.54, 1.807) is 36.3 Å². The van der Waals surface area contributed by atoms with Crippen molar-refractivity contribution >= 4 is 27.3 Å². The minimum Gasteiger partial charge on any atom is -0.288 e. The predicted octanol–water partition coefficient (Wildman–Crippen LogP) is 2.01. The zero-order chi connectivity index (χ0) is 17.2. The average molecular weight is 345 g/mol. The third kappa shape index (κ3) is 3.35. The number of carbonyl (C=O) groups excluding carboxylic acids is 1. The molecule has 0 spiro atoms. The maximum absolute atomic E-state index is 12.3. The number of carbonyl (C=O) groups is 1. The first-order valence-electron chi connectivity index (χ1n) is 7.68. The van der Waals surface area contributed by atoms with Gasteiger partial charge in [-0.05, 0) is 42.8 Å². The van der Waals surface area contributed by atoms with E-state index in [0.29, 0.717) is 24.2 Å². The van der Waals surface area contributed by atoms with Crippen LogP contribution in [0.2, 0.25) is 0 Å². The Hall–Kier alpha value is -2.54. The van der Waals surface area contributed by atoms with Gasteiger partial charge in [0.25, 0.3) is 5.91 Å². The Morgan fingerprint density at radius 2 is 1.75 bits per heavy atom. The number of rotatable bonds is 4. The molecule has 1 heterocycles. The molecule has 0 aromatic heterocycles. The molecular formula is C17H19N3O3S. The Morgan fingerprint density at radius 3 is 2.33 bits per heavy atom. The smallest absolute Gasteiger partial charge is 0.269 e. The summed E-state index contributed by atoms with van der Waals surface area (Å²) in [4.78, 5) is 12.3. The number of nitrogens with zero attached hydrogens (tertiary/aromatic N) is 2. The fourth-order valence-electron chi connectivity index (χ4n) is 2.64. The van der Waals surface area contributed by atoms with E-state index in [0.717, 1.165) is 5.69 Å². The van der Waals surface area contributed by atoms with Crippen LogP contribution < -0.4 is 14.7 Å². The van der Waals surface area contributed by atoms with E-state index < -0.39 is 10.0 Å². The summed E-state index contributed by atoms with van der Waals surface area (Å²) in [6.45, 7) is 0.491. The molecule has 1 saturated heterocycles. The lowest BCUT2D eigenvalue weighted by Crippen LogP contribution is -2.39. The van der Waals surface area contributed by atoms with Crippen LogP contribution in [0.25, 0.3) is 0 Å². The van der Waals surface area contributed by atoms with E-state index in [2.05, 4.69) is 5.43 Å². The van der Waals surface area contributed by atoms with Gasteiger partial charge in [-0.2, -0.15) is 0 Å². The Kier molecular flexibility index (Phi) is 4.44. The molecule has 126 valence electrons. The van der Waals surface area contributed by atoms with Gasteiger partial charge in [0.15, 0.2) is 0 Å². The zero-order valence-corrected chi connectivity index (χ0v) is 14.2. The molecular weight excluding hydrogens is 326 g/mol. The lowest BCUT2D eigenvalue weighted by atomic mass is 10.2. The van der Waals surface area contributed by atoms with Gasteiger partial charge in [-0.25, -0.2) is 8.42 Å². The van der Waals surface area contributed by atoms with Crippen molar-refractivity contribution in [2.24, 2.45) is 0 Å². The standard InChI is InChI=1S/C17H19N3O3S/c1-19(15-6-3-2-4-7-15)18-17(21)14-8-10-16(11-9-14)20-12-5-13-24(20,22)23/h2-4,6-11H,5,12-13H2,1H3,(H,18,21). The van der Waals surface area contributed by atoms with Crippen LogP contribution in [0.1, 0.15) is 16.8 Å². The molecule has 0 atom stereocenters. The van der Waals surface area contributed by atoms with Crippen LogP contribution >= 0.6 is 0 Å². The fraction of sp³-hybridized carbons (Fsp3) is 0.235. The first-order valence-corrected chi connectivity index (χ1v) is 9.28. The molecule has 0 unspecified atom stereocenters. The molecule has 2 aromatic rings. The Balaban J connectivity index is 1.70. The van der Waals surface area contributed by atoms with Crippen molar-refractivity contribution in [3.05, 3.63) is 60.2 Å². The van der Waals surface area contributed by atoms with Gasteiger partial charge < -0.3 is 0 Å².